The molecule has 1 aliphatic rings. The van der Waals surface area contributed by atoms with Crippen molar-refractivity contribution < 1.29 is 9.26 Å². The Morgan fingerprint density at radius 2 is 1.84 bits per heavy atom. The lowest BCUT2D eigenvalue weighted by atomic mass is 10.0. The average Bonchev–Trinajstić information content (AvgIpc) is 3.50. The van der Waals surface area contributed by atoms with E-state index >= 15 is 0 Å². The Balaban J connectivity index is 0.000000547. The maximum Gasteiger partial charge on any atom is 0.258 e. The van der Waals surface area contributed by atoms with Crippen LogP contribution in [0.3, 0.4) is 0 Å². The van der Waals surface area contributed by atoms with Crippen molar-refractivity contribution in [2.75, 3.05) is 0 Å². The molecule has 0 aliphatic heterocycles. The zero-order valence-corrected chi connectivity index (χ0v) is 20.2. The van der Waals surface area contributed by atoms with Crippen LogP contribution in [0, 0.1) is 11.3 Å². The number of fused-ring (bicyclic) bond motifs is 1. The van der Waals surface area contributed by atoms with E-state index in [9.17, 15) is 5.26 Å². The molecule has 0 amide bonds. The Kier molecular flexibility index (Phi) is 9.94. The highest BCUT2D eigenvalue weighted by atomic mass is 16.5. The van der Waals surface area contributed by atoms with Crippen molar-refractivity contribution in [1.29, 1.82) is 5.26 Å². The standard InChI is InChI=1S/C21H19N3O2.C4H10.C2H6/c1-13(2)25-19-10-9-15(11-16(19)12-22)21-23-20(24-26-21)18-8-4-6-14-5-3-7-17(14)18;1-3-4-2;1-2/h4,6,8-11,13H,3,5,7H2,1-2H3;3-4H2,1-2H3;1-2H3. The molecule has 0 saturated heterocycles. The Hall–Kier alpha value is -3.13. The van der Waals surface area contributed by atoms with Crippen LogP contribution in [0.15, 0.2) is 40.9 Å². The van der Waals surface area contributed by atoms with E-state index in [-0.39, 0.29) is 6.10 Å². The number of benzene rings is 2. The molecule has 1 aliphatic carbocycles. The molecule has 0 atom stereocenters. The zero-order valence-electron chi connectivity index (χ0n) is 20.2. The minimum atomic E-state index is 0.00290. The van der Waals surface area contributed by atoms with Gasteiger partial charge in [0.15, 0.2) is 0 Å². The fraction of sp³-hybridized carbons (Fsp3) is 0.444. The summed E-state index contributed by atoms with van der Waals surface area (Å²) in [4.78, 5) is 4.57. The van der Waals surface area contributed by atoms with Gasteiger partial charge in [-0.15, -0.1) is 0 Å². The SMILES string of the molecule is CC.CC(C)Oc1ccc(-c2nc(-c3cccc4c3CCC4)no2)cc1C#N.CCCC. The lowest BCUT2D eigenvalue weighted by molar-refractivity contribution is 0.241. The van der Waals surface area contributed by atoms with Gasteiger partial charge in [-0.2, -0.15) is 10.2 Å². The van der Waals surface area contributed by atoms with Crippen LogP contribution in [0.5, 0.6) is 5.75 Å². The fourth-order valence-electron chi connectivity index (χ4n) is 3.39. The summed E-state index contributed by atoms with van der Waals surface area (Å²) < 4.78 is 11.1. The normalized spacial score (nSPS) is 11.6. The summed E-state index contributed by atoms with van der Waals surface area (Å²) in [7, 11) is 0. The van der Waals surface area contributed by atoms with E-state index in [4.69, 9.17) is 9.26 Å². The van der Waals surface area contributed by atoms with Crippen molar-refractivity contribution in [3.8, 4) is 34.7 Å². The van der Waals surface area contributed by atoms with Crippen molar-refractivity contribution in [2.45, 2.75) is 79.8 Å². The molecule has 0 radical (unpaired) electrons. The van der Waals surface area contributed by atoms with E-state index in [2.05, 4.69) is 36.1 Å². The Morgan fingerprint density at radius 1 is 1.09 bits per heavy atom. The highest BCUT2D eigenvalue weighted by Gasteiger charge is 2.19. The van der Waals surface area contributed by atoms with Crippen LogP contribution in [0.1, 0.15) is 77.5 Å². The number of hydrogen-bond donors (Lipinski definition) is 0. The molecule has 0 bridgehead atoms. The van der Waals surface area contributed by atoms with Crippen LogP contribution in [0.25, 0.3) is 22.8 Å². The van der Waals surface area contributed by atoms with Crippen LogP contribution in [0.4, 0.5) is 0 Å². The van der Waals surface area contributed by atoms with E-state index in [1.54, 1.807) is 12.1 Å². The third-order valence-corrected chi connectivity index (χ3v) is 5.02. The predicted molar refractivity (Wildman–Crippen MR) is 130 cm³/mol. The van der Waals surface area contributed by atoms with Crippen LogP contribution in [-0.2, 0) is 12.8 Å². The number of hydrogen-bond acceptors (Lipinski definition) is 5. The van der Waals surface area contributed by atoms with Crippen molar-refractivity contribution in [3.63, 3.8) is 0 Å². The summed E-state index contributed by atoms with van der Waals surface area (Å²) in [6.45, 7) is 12.2. The van der Waals surface area contributed by atoms with E-state index in [0.29, 0.717) is 28.6 Å². The molecule has 4 rings (SSSR count). The third kappa shape index (κ3) is 6.20. The molecule has 3 aromatic rings. The molecule has 1 aromatic heterocycles. The highest BCUT2D eigenvalue weighted by Crippen LogP contribution is 2.32. The minimum absolute atomic E-state index is 0.00290. The number of aryl methyl sites for hydroxylation is 1. The van der Waals surface area contributed by atoms with Crippen molar-refractivity contribution in [2.24, 2.45) is 0 Å². The monoisotopic (exact) mass is 433 g/mol. The van der Waals surface area contributed by atoms with Gasteiger partial charge in [0, 0.05) is 11.1 Å². The quantitative estimate of drug-likeness (QED) is 0.419. The molecule has 5 heteroatoms. The summed E-state index contributed by atoms with van der Waals surface area (Å²) in [6.07, 6.45) is 5.97. The zero-order chi connectivity index (χ0) is 23.5. The molecule has 2 aromatic carbocycles. The summed E-state index contributed by atoms with van der Waals surface area (Å²) in [5, 5.41) is 13.6. The number of unbranched alkanes of at least 4 members (excludes halogenated alkanes) is 1. The van der Waals surface area contributed by atoms with Crippen molar-refractivity contribution >= 4 is 0 Å². The lowest BCUT2D eigenvalue weighted by Gasteiger charge is -2.11. The van der Waals surface area contributed by atoms with Crippen LogP contribution >= 0.6 is 0 Å². The van der Waals surface area contributed by atoms with Crippen LogP contribution in [0.2, 0.25) is 0 Å². The van der Waals surface area contributed by atoms with Gasteiger partial charge in [0.2, 0.25) is 5.82 Å². The Morgan fingerprint density at radius 3 is 2.50 bits per heavy atom. The molecule has 0 fully saturated rings. The first kappa shape index (κ1) is 25.1. The van der Waals surface area contributed by atoms with Gasteiger partial charge in [0.05, 0.1) is 11.7 Å². The third-order valence-electron chi connectivity index (χ3n) is 5.02. The molecule has 32 heavy (non-hydrogen) atoms. The van der Waals surface area contributed by atoms with E-state index in [0.717, 1.165) is 18.4 Å². The van der Waals surface area contributed by atoms with E-state index in [1.165, 1.54) is 30.4 Å². The number of ether oxygens (including phenoxy) is 1. The van der Waals surface area contributed by atoms with Gasteiger partial charge in [-0.3, -0.25) is 0 Å². The largest absolute Gasteiger partial charge is 0.490 e. The average molecular weight is 434 g/mol. The van der Waals surface area contributed by atoms with Gasteiger partial charge < -0.3 is 9.26 Å². The van der Waals surface area contributed by atoms with Gasteiger partial charge in [-0.1, -0.05) is 63.9 Å². The second-order valence-corrected chi connectivity index (χ2v) is 7.71. The molecule has 1 heterocycles. The number of nitriles is 1. The highest BCUT2D eigenvalue weighted by molar-refractivity contribution is 5.66. The van der Waals surface area contributed by atoms with Gasteiger partial charge in [0.25, 0.3) is 5.89 Å². The molecule has 0 saturated carbocycles. The lowest BCUT2D eigenvalue weighted by Crippen LogP contribution is -2.06. The second-order valence-electron chi connectivity index (χ2n) is 7.71. The van der Waals surface area contributed by atoms with E-state index in [1.807, 2.05) is 45.9 Å². The van der Waals surface area contributed by atoms with Crippen LogP contribution < -0.4 is 4.74 Å². The number of aromatic nitrogens is 2. The maximum atomic E-state index is 9.40. The van der Waals surface area contributed by atoms with E-state index < -0.39 is 0 Å². The summed E-state index contributed by atoms with van der Waals surface area (Å²) in [5.74, 6) is 1.56. The van der Waals surface area contributed by atoms with Gasteiger partial charge in [-0.25, -0.2) is 0 Å². The maximum absolute atomic E-state index is 9.40. The predicted octanol–water partition coefficient (Wildman–Crippen LogP) is 7.38. The molecule has 170 valence electrons. The molecule has 0 spiro atoms. The number of rotatable bonds is 5. The molecule has 0 N–H and O–H groups in total. The topological polar surface area (TPSA) is 71.9 Å². The molecular weight excluding hydrogens is 398 g/mol. The minimum Gasteiger partial charge on any atom is -0.490 e. The summed E-state index contributed by atoms with van der Waals surface area (Å²) >= 11 is 0. The first-order valence-corrected chi connectivity index (χ1v) is 11.7. The molecule has 5 nitrogen and oxygen atoms in total. The second kappa shape index (κ2) is 12.7. The first-order valence-electron chi connectivity index (χ1n) is 11.7. The summed E-state index contributed by atoms with van der Waals surface area (Å²) in [6, 6.07) is 13.8. The van der Waals surface area contributed by atoms with Crippen molar-refractivity contribution in [1.82, 2.24) is 10.1 Å². The van der Waals surface area contributed by atoms with Crippen molar-refractivity contribution in [3.05, 3.63) is 53.1 Å². The van der Waals surface area contributed by atoms with Gasteiger partial charge >= 0.3 is 0 Å². The number of nitrogens with zero attached hydrogens (tertiary/aromatic N) is 3. The summed E-state index contributed by atoms with van der Waals surface area (Å²) in [5.41, 5.74) is 4.89. The Bertz CT molecular complexity index is 1030. The van der Waals surface area contributed by atoms with Gasteiger partial charge in [0.1, 0.15) is 11.8 Å². The van der Waals surface area contributed by atoms with Gasteiger partial charge in [-0.05, 0) is 62.4 Å². The fourth-order valence-corrected chi connectivity index (χ4v) is 3.39. The molecule has 0 unspecified atom stereocenters. The smallest absolute Gasteiger partial charge is 0.258 e. The molecular formula is C27H35N3O2. The Labute approximate surface area is 192 Å². The first-order chi connectivity index (χ1) is 15.6. The van der Waals surface area contributed by atoms with Crippen LogP contribution in [-0.4, -0.2) is 16.2 Å².